The standard InChI is InChI=1S/C17H15FN2O4/c18-15-9-14(6-7-16(15)20(22)23)24-10-17(21)19-13-5-4-11-2-1-3-12(11)8-13/h4-9H,1-3,10H2,(H,19,21). The number of anilines is 1. The number of nitro benzene ring substituents is 1. The molecule has 0 spiro atoms. The van der Waals surface area contributed by atoms with Gasteiger partial charge in [-0.05, 0) is 48.6 Å². The minimum atomic E-state index is -1.00. The molecular weight excluding hydrogens is 315 g/mol. The fourth-order valence-corrected chi connectivity index (χ4v) is 2.72. The molecule has 0 aliphatic heterocycles. The molecule has 124 valence electrons. The number of nitrogens with zero attached hydrogens (tertiary/aromatic N) is 1. The molecule has 0 radical (unpaired) electrons. The fourth-order valence-electron chi connectivity index (χ4n) is 2.72. The quantitative estimate of drug-likeness (QED) is 0.674. The number of halogens is 1. The minimum Gasteiger partial charge on any atom is -0.484 e. The average Bonchev–Trinajstić information content (AvgIpc) is 3.00. The number of aryl methyl sites for hydroxylation is 2. The highest BCUT2D eigenvalue weighted by atomic mass is 19.1. The summed E-state index contributed by atoms with van der Waals surface area (Å²) in [5, 5.41) is 13.3. The Kier molecular flexibility index (Phi) is 4.41. The Bertz CT molecular complexity index is 807. The highest BCUT2D eigenvalue weighted by molar-refractivity contribution is 5.92. The predicted octanol–water partition coefficient (Wildman–Crippen LogP) is 3.24. The maximum atomic E-state index is 13.5. The lowest BCUT2D eigenvalue weighted by Crippen LogP contribution is -2.20. The molecule has 0 unspecified atom stereocenters. The maximum Gasteiger partial charge on any atom is 0.305 e. The number of hydrogen-bond acceptors (Lipinski definition) is 4. The topological polar surface area (TPSA) is 81.5 Å². The number of ether oxygens (including phenoxy) is 1. The van der Waals surface area contributed by atoms with Gasteiger partial charge in [-0.3, -0.25) is 14.9 Å². The third kappa shape index (κ3) is 3.51. The molecule has 1 N–H and O–H groups in total. The Morgan fingerprint density at radius 1 is 1.21 bits per heavy atom. The molecule has 3 rings (SSSR count). The summed E-state index contributed by atoms with van der Waals surface area (Å²) in [5.41, 5.74) is 2.61. The number of hydrogen-bond donors (Lipinski definition) is 1. The summed E-state index contributed by atoms with van der Waals surface area (Å²) in [6.45, 7) is -0.311. The molecule has 0 atom stereocenters. The van der Waals surface area contributed by atoms with Crippen molar-refractivity contribution in [3.63, 3.8) is 0 Å². The molecule has 0 saturated carbocycles. The number of nitrogens with one attached hydrogen (secondary N) is 1. The second kappa shape index (κ2) is 6.66. The first-order valence-electron chi connectivity index (χ1n) is 7.51. The summed E-state index contributed by atoms with van der Waals surface area (Å²) >= 11 is 0. The second-order valence-electron chi connectivity index (χ2n) is 5.54. The number of benzene rings is 2. The van der Waals surface area contributed by atoms with E-state index in [-0.39, 0.29) is 18.3 Å². The Hall–Kier alpha value is -2.96. The van der Waals surface area contributed by atoms with Crippen molar-refractivity contribution in [3.05, 3.63) is 63.5 Å². The molecule has 1 amide bonds. The molecule has 1 aliphatic carbocycles. The van der Waals surface area contributed by atoms with Gasteiger partial charge in [-0.25, -0.2) is 0 Å². The van der Waals surface area contributed by atoms with E-state index in [9.17, 15) is 19.3 Å². The van der Waals surface area contributed by atoms with Crippen molar-refractivity contribution in [1.29, 1.82) is 0 Å². The van der Waals surface area contributed by atoms with Gasteiger partial charge < -0.3 is 10.1 Å². The van der Waals surface area contributed by atoms with E-state index in [1.54, 1.807) is 0 Å². The van der Waals surface area contributed by atoms with Crippen LogP contribution in [0.1, 0.15) is 17.5 Å². The van der Waals surface area contributed by atoms with Gasteiger partial charge in [0.1, 0.15) is 5.75 Å². The molecule has 2 aromatic rings. The van der Waals surface area contributed by atoms with E-state index < -0.39 is 16.4 Å². The normalized spacial score (nSPS) is 12.5. The van der Waals surface area contributed by atoms with Gasteiger partial charge in [0.15, 0.2) is 6.61 Å². The smallest absolute Gasteiger partial charge is 0.305 e. The molecule has 0 bridgehead atoms. The van der Waals surface area contributed by atoms with E-state index in [2.05, 4.69) is 5.32 Å². The monoisotopic (exact) mass is 330 g/mol. The van der Waals surface area contributed by atoms with Crippen LogP contribution in [0.5, 0.6) is 5.75 Å². The number of amides is 1. The van der Waals surface area contributed by atoms with Gasteiger partial charge >= 0.3 is 5.69 Å². The molecule has 6 nitrogen and oxygen atoms in total. The second-order valence-corrected chi connectivity index (χ2v) is 5.54. The molecule has 7 heteroatoms. The molecule has 24 heavy (non-hydrogen) atoms. The van der Waals surface area contributed by atoms with E-state index in [0.717, 1.165) is 31.4 Å². The number of carbonyl (C=O) groups is 1. The van der Waals surface area contributed by atoms with Gasteiger partial charge in [0.2, 0.25) is 5.82 Å². The highest BCUT2D eigenvalue weighted by Crippen LogP contribution is 2.25. The van der Waals surface area contributed by atoms with Crippen molar-refractivity contribution in [3.8, 4) is 5.75 Å². The number of carbonyl (C=O) groups excluding carboxylic acids is 1. The lowest BCUT2D eigenvalue weighted by atomic mass is 10.1. The van der Waals surface area contributed by atoms with E-state index >= 15 is 0 Å². The van der Waals surface area contributed by atoms with Crippen LogP contribution in [-0.2, 0) is 17.6 Å². The van der Waals surface area contributed by atoms with Crippen LogP contribution in [0.15, 0.2) is 36.4 Å². The lowest BCUT2D eigenvalue weighted by Gasteiger charge is -2.09. The van der Waals surface area contributed by atoms with Crippen LogP contribution in [0.25, 0.3) is 0 Å². The molecular formula is C17H15FN2O4. The van der Waals surface area contributed by atoms with E-state index in [1.165, 1.54) is 17.2 Å². The van der Waals surface area contributed by atoms with Crippen LogP contribution >= 0.6 is 0 Å². The number of fused-ring (bicyclic) bond motifs is 1. The van der Waals surface area contributed by atoms with Crippen molar-refractivity contribution >= 4 is 17.3 Å². The first kappa shape index (κ1) is 15.9. The largest absolute Gasteiger partial charge is 0.484 e. The van der Waals surface area contributed by atoms with Crippen LogP contribution in [0.2, 0.25) is 0 Å². The van der Waals surface area contributed by atoms with Crippen molar-refractivity contribution in [1.82, 2.24) is 0 Å². The van der Waals surface area contributed by atoms with Crippen molar-refractivity contribution in [2.24, 2.45) is 0 Å². The summed E-state index contributed by atoms with van der Waals surface area (Å²) < 4.78 is 18.7. The third-order valence-electron chi connectivity index (χ3n) is 3.87. The summed E-state index contributed by atoms with van der Waals surface area (Å²) in [6.07, 6.45) is 3.21. The van der Waals surface area contributed by atoms with Gasteiger partial charge in [-0.1, -0.05) is 6.07 Å². The molecule has 0 aromatic heterocycles. The van der Waals surface area contributed by atoms with E-state index in [0.29, 0.717) is 5.69 Å². The molecule has 0 heterocycles. The Balaban J connectivity index is 1.58. The number of nitro groups is 1. The first-order valence-corrected chi connectivity index (χ1v) is 7.51. The van der Waals surface area contributed by atoms with E-state index in [1.807, 2.05) is 18.2 Å². The Morgan fingerprint density at radius 3 is 2.75 bits per heavy atom. The van der Waals surface area contributed by atoms with Crippen LogP contribution in [0.3, 0.4) is 0 Å². The SMILES string of the molecule is O=C(COc1ccc([N+](=O)[O-])c(F)c1)Nc1ccc2c(c1)CCC2. The third-order valence-corrected chi connectivity index (χ3v) is 3.87. The van der Waals surface area contributed by atoms with Crippen molar-refractivity contribution < 1.29 is 18.8 Å². The summed E-state index contributed by atoms with van der Waals surface area (Å²) in [4.78, 5) is 21.6. The van der Waals surface area contributed by atoms with Gasteiger partial charge in [-0.2, -0.15) is 4.39 Å². The number of rotatable bonds is 5. The van der Waals surface area contributed by atoms with Crippen molar-refractivity contribution in [2.75, 3.05) is 11.9 Å². The highest BCUT2D eigenvalue weighted by Gasteiger charge is 2.15. The first-order chi connectivity index (χ1) is 11.5. The molecule has 0 fully saturated rings. The summed E-state index contributed by atoms with van der Waals surface area (Å²) in [5.74, 6) is -1.33. The maximum absolute atomic E-state index is 13.5. The van der Waals surface area contributed by atoms with Gasteiger partial charge in [0, 0.05) is 17.8 Å². The van der Waals surface area contributed by atoms with Crippen LogP contribution in [-0.4, -0.2) is 17.4 Å². The Labute approximate surface area is 137 Å². The molecule has 2 aromatic carbocycles. The lowest BCUT2D eigenvalue weighted by molar-refractivity contribution is -0.387. The zero-order valence-electron chi connectivity index (χ0n) is 12.8. The van der Waals surface area contributed by atoms with Gasteiger partial charge in [0.25, 0.3) is 5.91 Å². The minimum absolute atomic E-state index is 0.0576. The van der Waals surface area contributed by atoms with Crippen LogP contribution in [0.4, 0.5) is 15.8 Å². The summed E-state index contributed by atoms with van der Waals surface area (Å²) in [7, 11) is 0. The predicted molar refractivity (Wildman–Crippen MR) is 85.6 cm³/mol. The zero-order chi connectivity index (χ0) is 17.1. The summed E-state index contributed by atoms with van der Waals surface area (Å²) in [6, 6.07) is 8.94. The molecule has 1 aliphatic rings. The van der Waals surface area contributed by atoms with Crippen LogP contribution in [0, 0.1) is 15.9 Å². The fraction of sp³-hybridized carbons (Fsp3) is 0.235. The zero-order valence-corrected chi connectivity index (χ0v) is 12.8. The van der Waals surface area contributed by atoms with E-state index in [4.69, 9.17) is 4.74 Å². The van der Waals surface area contributed by atoms with Gasteiger partial charge in [0.05, 0.1) is 4.92 Å². The van der Waals surface area contributed by atoms with Crippen molar-refractivity contribution in [2.45, 2.75) is 19.3 Å². The Morgan fingerprint density at radius 2 is 2.00 bits per heavy atom. The van der Waals surface area contributed by atoms with Gasteiger partial charge in [-0.15, -0.1) is 0 Å². The molecule has 0 saturated heterocycles. The van der Waals surface area contributed by atoms with Crippen LogP contribution < -0.4 is 10.1 Å². The average molecular weight is 330 g/mol.